The van der Waals surface area contributed by atoms with Crippen LogP contribution in [0.15, 0.2) is 66.9 Å². The van der Waals surface area contributed by atoms with Crippen molar-refractivity contribution in [1.29, 1.82) is 0 Å². The first-order chi connectivity index (χ1) is 16.1. The molecule has 0 aliphatic heterocycles. The number of alkyl halides is 3. The molecular formula is C25H17Cl2F4N3. The molecule has 0 atom stereocenters. The average molecular weight is 506 g/mol. The van der Waals surface area contributed by atoms with E-state index in [1.807, 2.05) is 16.7 Å². The molecule has 0 spiro atoms. The maximum absolute atomic E-state index is 14.3. The van der Waals surface area contributed by atoms with Gasteiger partial charge in [-0.1, -0.05) is 41.4 Å². The minimum atomic E-state index is -4.62. The van der Waals surface area contributed by atoms with Crippen LogP contribution < -0.4 is 5.73 Å². The fourth-order valence-electron chi connectivity index (χ4n) is 3.34. The molecular weight excluding hydrogens is 489 g/mol. The molecule has 0 radical (unpaired) electrons. The zero-order chi connectivity index (χ0) is 24.5. The van der Waals surface area contributed by atoms with Gasteiger partial charge in [0.1, 0.15) is 11.6 Å². The van der Waals surface area contributed by atoms with E-state index in [1.165, 1.54) is 12.2 Å². The van der Waals surface area contributed by atoms with Gasteiger partial charge in [-0.2, -0.15) is 13.2 Å². The van der Waals surface area contributed by atoms with Gasteiger partial charge in [0.2, 0.25) is 0 Å². The topological polar surface area (TPSA) is 43.8 Å². The molecule has 0 amide bonds. The van der Waals surface area contributed by atoms with Crippen molar-refractivity contribution in [1.82, 2.24) is 9.55 Å². The van der Waals surface area contributed by atoms with Crippen LogP contribution in [-0.2, 0) is 12.7 Å². The Morgan fingerprint density at radius 1 is 0.941 bits per heavy atom. The van der Waals surface area contributed by atoms with Crippen molar-refractivity contribution in [3.05, 3.63) is 105 Å². The minimum Gasteiger partial charge on any atom is -0.399 e. The number of aromatic nitrogens is 2. The van der Waals surface area contributed by atoms with Crippen molar-refractivity contribution in [2.75, 3.05) is 5.73 Å². The standard InChI is InChI=1S/C25H17Cl2F4N3/c26-18-6-9-20(21(27)12-18)23-14-34(13-15-1-7-19(32)8-2-15)24(33-23)10-4-16-3-5-17(11-22(16)28)25(29,30)31/h1-12,14H,13,32H2/b10-4+. The molecule has 4 rings (SSSR count). The summed E-state index contributed by atoms with van der Waals surface area (Å²) in [5, 5.41) is 0.891. The van der Waals surface area contributed by atoms with Gasteiger partial charge in [0.05, 0.1) is 16.3 Å². The molecule has 2 N–H and O–H groups in total. The number of benzene rings is 3. The third-order valence-electron chi connectivity index (χ3n) is 5.09. The third-order valence-corrected chi connectivity index (χ3v) is 5.63. The lowest BCUT2D eigenvalue weighted by molar-refractivity contribution is -0.137. The summed E-state index contributed by atoms with van der Waals surface area (Å²) in [6, 6.07) is 14.7. The second kappa shape index (κ2) is 9.52. The highest BCUT2D eigenvalue weighted by Crippen LogP contribution is 2.32. The van der Waals surface area contributed by atoms with Gasteiger partial charge in [-0.25, -0.2) is 9.37 Å². The number of hydrogen-bond donors (Lipinski definition) is 1. The van der Waals surface area contributed by atoms with Gasteiger partial charge in [-0.15, -0.1) is 0 Å². The number of halogens is 6. The van der Waals surface area contributed by atoms with Crippen LogP contribution >= 0.6 is 23.2 Å². The SMILES string of the molecule is Nc1ccc(Cn2cc(-c3ccc(Cl)cc3Cl)nc2/C=C/c2ccc(C(F)(F)F)cc2F)cc1. The Bertz CT molecular complexity index is 1360. The minimum absolute atomic E-state index is 0.00103. The first-order valence-corrected chi connectivity index (χ1v) is 10.8. The van der Waals surface area contributed by atoms with Crippen molar-refractivity contribution < 1.29 is 17.6 Å². The maximum atomic E-state index is 14.3. The monoisotopic (exact) mass is 505 g/mol. The lowest BCUT2D eigenvalue weighted by atomic mass is 10.1. The summed E-state index contributed by atoms with van der Waals surface area (Å²) in [5.74, 6) is -0.527. The van der Waals surface area contributed by atoms with Crippen LogP contribution in [0.5, 0.6) is 0 Å². The second-order valence-corrected chi connectivity index (χ2v) is 8.39. The number of nitrogens with zero attached hydrogens (tertiary/aromatic N) is 2. The van der Waals surface area contributed by atoms with Gasteiger partial charge >= 0.3 is 6.18 Å². The van der Waals surface area contributed by atoms with Crippen LogP contribution in [0.3, 0.4) is 0 Å². The Hall–Kier alpha value is -3.29. The van der Waals surface area contributed by atoms with E-state index in [2.05, 4.69) is 4.98 Å². The molecule has 0 fully saturated rings. The number of rotatable bonds is 5. The molecule has 0 aliphatic rings. The van der Waals surface area contributed by atoms with Gasteiger partial charge < -0.3 is 10.3 Å². The molecule has 1 aromatic heterocycles. The molecule has 34 heavy (non-hydrogen) atoms. The zero-order valence-electron chi connectivity index (χ0n) is 17.5. The summed E-state index contributed by atoms with van der Waals surface area (Å²) in [6.45, 7) is 0.424. The summed E-state index contributed by atoms with van der Waals surface area (Å²) in [6.07, 6.45) is 0.0836. The van der Waals surface area contributed by atoms with Crippen LogP contribution in [0.4, 0.5) is 23.2 Å². The quantitative estimate of drug-likeness (QED) is 0.222. The number of imidazole rings is 1. The molecule has 0 aliphatic carbocycles. The first kappa shape index (κ1) is 23.9. The van der Waals surface area contributed by atoms with Crippen LogP contribution in [0.2, 0.25) is 10.0 Å². The molecule has 174 valence electrons. The van der Waals surface area contributed by atoms with Gasteiger partial charge in [0, 0.05) is 34.6 Å². The smallest absolute Gasteiger partial charge is 0.399 e. The zero-order valence-corrected chi connectivity index (χ0v) is 19.0. The molecule has 1 heterocycles. The lowest BCUT2D eigenvalue weighted by Crippen LogP contribution is -2.05. The van der Waals surface area contributed by atoms with Crippen LogP contribution in [0.25, 0.3) is 23.4 Å². The Morgan fingerprint density at radius 3 is 2.32 bits per heavy atom. The lowest BCUT2D eigenvalue weighted by Gasteiger charge is -2.08. The summed E-state index contributed by atoms with van der Waals surface area (Å²) >= 11 is 12.3. The fourth-order valence-corrected chi connectivity index (χ4v) is 3.84. The van der Waals surface area contributed by atoms with E-state index in [0.717, 1.165) is 17.7 Å². The van der Waals surface area contributed by atoms with E-state index >= 15 is 0 Å². The van der Waals surface area contributed by atoms with E-state index in [-0.39, 0.29) is 5.56 Å². The highest BCUT2D eigenvalue weighted by atomic mass is 35.5. The Morgan fingerprint density at radius 2 is 1.68 bits per heavy atom. The van der Waals surface area contributed by atoms with E-state index in [9.17, 15) is 17.6 Å². The number of anilines is 1. The van der Waals surface area contributed by atoms with Gasteiger partial charge in [-0.3, -0.25) is 0 Å². The second-order valence-electron chi connectivity index (χ2n) is 7.55. The number of nitrogens with two attached hydrogens (primary N) is 1. The predicted molar refractivity (Wildman–Crippen MR) is 128 cm³/mol. The largest absolute Gasteiger partial charge is 0.416 e. The third kappa shape index (κ3) is 5.43. The van der Waals surface area contributed by atoms with E-state index in [0.29, 0.717) is 45.4 Å². The molecule has 0 saturated carbocycles. The summed E-state index contributed by atoms with van der Waals surface area (Å²) < 4.78 is 54.6. The van der Waals surface area contributed by atoms with E-state index in [4.69, 9.17) is 28.9 Å². The molecule has 4 aromatic rings. The molecule has 3 aromatic carbocycles. The first-order valence-electron chi connectivity index (χ1n) is 10.0. The number of hydrogen-bond acceptors (Lipinski definition) is 2. The Labute approximate surface area is 203 Å². The van der Waals surface area contributed by atoms with Crippen molar-refractivity contribution in [3.8, 4) is 11.3 Å². The molecule has 3 nitrogen and oxygen atoms in total. The summed E-state index contributed by atoms with van der Waals surface area (Å²) in [7, 11) is 0. The molecule has 0 unspecified atom stereocenters. The molecule has 9 heteroatoms. The van der Waals surface area contributed by atoms with Gasteiger partial charge in [-0.05, 0) is 60.2 Å². The van der Waals surface area contributed by atoms with Crippen molar-refractivity contribution in [3.63, 3.8) is 0 Å². The summed E-state index contributed by atoms with van der Waals surface area (Å²) in [5.41, 5.74) is 7.49. The summed E-state index contributed by atoms with van der Waals surface area (Å²) in [4.78, 5) is 4.61. The van der Waals surface area contributed by atoms with Crippen LogP contribution in [0, 0.1) is 5.82 Å². The maximum Gasteiger partial charge on any atom is 0.416 e. The normalized spacial score (nSPS) is 11.9. The van der Waals surface area contributed by atoms with Gasteiger partial charge in [0.25, 0.3) is 0 Å². The average Bonchev–Trinajstić information content (AvgIpc) is 3.16. The van der Waals surface area contributed by atoms with Gasteiger partial charge in [0.15, 0.2) is 0 Å². The highest BCUT2D eigenvalue weighted by Gasteiger charge is 2.31. The Balaban J connectivity index is 1.72. The highest BCUT2D eigenvalue weighted by molar-refractivity contribution is 6.36. The van der Waals surface area contributed by atoms with Crippen LogP contribution in [-0.4, -0.2) is 9.55 Å². The van der Waals surface area contributed by atoms with E-state index in [1.54, 1.807) is 36.5 Å². The van der Waals surface area contributed by atoms with E-state index < -0.39 is 17.6 Å². The number of nitrogen functional groups attached to an aromatic ring is 1. The van der Waals surface area contributed by atoms with Crippen molar-refractivity contribution in [2.45, 2.75) is 12.7 Å². The van der Waals surface area contributed by atoms with Crippen LogP contribution in [0.1, 0.15) is 22.5 Å². The van der Waals surface area contributed by atoms with Crippen molar-refractivity contribution in [2.24, 2.45) is 0 Å². The molecule has 0 bridgehead atoms. The Kier molecular flexibility index (Phi) is 6.68. The predicted octanol–water partition coefficient (Wildman–Crippen LogP) is 7.82. The van der Waals surface area contributed by atoms with Crippen molar-refractivity contribution >= 4 is 41.0 Å². The molecule has 0 saturated heterocycles. The fraction of sp³-hybridized carbons (Fsp3) is 0.0800.